The molecule has 1 aromatic carbocycles. The van der Waals surface area contributed by atoms with Gasteiger partial charge in [0.25, 0.3) is 0 Å². The molecule has 1 aromatic heterocycles. The quantitative estimate of drug-likeness (QED) is 0.636. The topological polar surface area (TPSA) is 76.2 Å². The van der Waals surface area contributed by atoms with Crippen molar-refractivity contribution in [2.45, 2.75) is 46.2 Å². The maximum absolute atomic E-state index is 12.2. The smallest absolute Gasteiger partial charge is 0.330 e. The maximum Gasteiger partial charge on any atom is 0.330 e. The van der Waals surface area contributed by atoms with E-state index in [-0.39, 0.29) is 5.97 Å². The number of carbonyl (C=O) groups excluding carboxylic acids is 1. The third-order valence-electron chi connectivity index (χ3n) is 5.90. The highest BCUT2D eigenvalue weighted by Crippen LogP contribution is 2.30. The third-order valence-corrected chi connectivity index (χ3v) is 5.90. The van der Waals surface area contributed by atoms with Gasteiger partial charge in [0.05, 0.1) is 25.3 Å². The van der Waals surface area contributed by atoms with Gasteiger partial charge in [0, 0.05) is 50.6 Å². The van der Waals surface area contributed by atoms with E-state index in [4.69, 9.17) is 14.3 Å². The molecule has 33 heavy (non-hydrogen) atoms. The molecule has 1 aliphatic heterocycles. The van der Waals surface area contributed by atoms with Crippen molar-refractivity contribution >= 4 is 17.5 Å². The fourth-order valence-corrected chi connectivity index (χ4v) is 3.77. The van der Waals surface area contributed by atoms with E-state index in [0.717, 1.165) is 41.4 Å². The molecule has 180 valence electrons. The predicted octanol–water partition coefficient (Wildman–Crippen LogP) is 4.12. The molecule has 3 rings (SSSR count). The number of hydrogen-bond donors (Lipinski definition) is 1. The third kappa shape index (κ3) is 6.28. The number of methoxy groups -OCH3 is 2. The van der Waals surface area contributed by atoms with Crippen molar-refractivity contribution in [1.29, 1.82) is 0 Å². The first kappa shape index (κ1) is 24.6. The maximum atomic E-state index is 12.2. The monoisotopic (exact) mass is 456 g/mol. The zero-order chi connectivity index (χ0) is 24.0. The Morgan fingerprint density at radius 2 is 1.91 bits per heavy atom. The molecule has 2 heterocycles. The van der Waals surface area contributed by atoms with Gasteiger partial charge < -0.3 is 24.5 Å². The number of benzene rings is 1. The van der Waals surface area contributed by atoms with Crippen LogP contribution in [0.4, 0.5) is 11.5 Å². The van der Waals surface area contributed by atoms with Crippen LogP contribution in [0.3, 0.4) is 0 Å². The SMILES string of the molecule is COc1ccc(CNc2ncccc2N(C)C2CCN(OC(=O)C(C)(C)C)CC2)c(OC)c1. The van der Waals surface area contributed by atoms with Gasteiger partial charge in [0.1, 0.15) is 17.3 Å². The summed E-state index contributed by atoms with van der Waals surface area (Å²) in [6.45, 7) is 7.61. The first-order valence-electron chi connectivity index (χ1n) is 11.3. The Hall–Kier alpha value is -3.00. The van der Waals surface area contributed by atoms with E-state index in [1.807, 2.05) is 45.0 Å². The Morgan fingerprint density at radius 1 is 1.18 bits per heavy atom. The molecular formula is C25H36N4O4. The second-order valence-corrected chi connectivity index (χ2v) is 9.30. The van der Waals surface area contributed by atoms with E-state index in [9.17, 15) is 4.79 Å². The van der Waals surface area contributed by atoms with E-state index >= 15 is 0 Å². The molecule has 0 aliphatic carbocycles. The van der Waals surface area contributed by atoms with Crippen LogP contribution in [0.2, 0.25) is 0 Å². The number of ether oxygens (including phenoxy) is 2. The summed E-state index contributed by atoms with van der Waals surface area (Å²) < 4.78 is 10.8. The molecule has 2 aromatic rings. The van der Waals surface area contributed by atoms with Crippen LogP contribution in [-0.2, 0) is 16.2 Å². The molecule has 1 saturated heterocycles. The molecule has 0 saturated carbocycles. The highest BCUT2D eigenvalue weighted by molar-refractivity contribution is 5.75. The van der Waals surface area contributed by atoms with Gasteiger partial charge in [0.2, 0.25) is 0 Å². The van der Waals surface area contributed by atoms with Crippen LogP contribution in [-0.4, -0.2) is 56.4 Å². The fourth-order valence-electron chi connectivity index (χ4n) is 3.77. The van der Waals surface area contributed by atoms with Crippen LogP contribution >= 0.6 is 0 Å². The largest absolute Gasteiger partial charge is 0.497 e. The Morgan fingerprint density at radius 3 is 2.55 bits per heavy atom. The zero-order valence-corrected chi connectivity index (χ0v) is 20.6. The summed E-state index contributed by atoms with van der Waals surface area (Å²) in [7, 11) is 5.39. The summed E-state index contributed by atoms with van der Waals surface area (Å²) in [6.07, 6.45) is 3.59. The minimum absolute atomic E-state index is 0.193. The second-order valence-electron chi connectivity index (χ2n) is 9.30. The van der Waals surface area contributed by atoms with Crippen molar-refractivity contribution in [1.82, 2.24) is 10.0 Å². The normalized spacial score (nSPS) is 15.1. The Balaban J connectivity index is 1.63. The van der Waals surface area contributed by atoms with Gasteiger partial charge in [-0.25, -0.2) is 9.78 Å². The van der Waals surface area contributed by atoms with E-state index in [1.165, 1.54) is 0 Å². The molecule has 1 aliphatic rings. The van der Waals surface area contributed by atoms with Crippen LogP contribution in [0.15, 0.2) is 36.5 Å². The predicted molar refractivity (Wildman–Crippen MR) is 130 cm³/mol. The Labute approximate surface area is 196 Å². The number of hydroxylamine groups is 2. The highest BCUT2D eigenvalue weighted by Gasteiger charge is 2.30. The van der Waals surface area contributed by atoms with Gasteiger partial charge in [-0.1, -0.05) is 0 Å². The molecular weight excluding hydrogens is 420 g/mol. The number of rotatable bonds is 8. The lowest BCUT2D eigenvalue weighted by Crippen LogP contribution is -2.45. The summed E-state index contributed by atoms with van der Waals surface area (Å²) in [4.78, 5) is 24.6. The number of piperidine rings is 1. The summed E-state index contributed by atoms with van der Waals surface area (Å²) in [5.74, 6) is 2.15. The minimum atomic E-state index is -0.503. The lowest BCUT2D eigenvalue weighted by Gasteiger charge is -2.37. The molecule has 8 heteroatoms. The molecule has 0 unspecified atom stereocenters. The number of hydrogen-bond acceptors (Lipinski definition) is 8. The van der Waals surface area contributed by atoms with Crippen LogP contribution in [0.25, 0.3) is 0 Å². The molecule has 0 bridgehead atoms. The lowest BCUT2D eigenvalue weighted by molar-refractivity contribution is -0.204. The van der Waals surface area contributed by atoms with Crippen LogP contribution in [0.1, 0.15) is 39.2 Å². The average molecular weight is 457 g/mol. The minimum Gasteiger partial charge on any atom is -0.497 e. The molecule has 0 atom stereocenters. The molecule has 1 N–H and O–H groups in total. The van der Waals surface area contributed by atoms with Gasteiger partial charge in [-0.15, -0.1) is 5.06 Å². The van der Waals surface area contributed by atoms with Gasteiger partial charge in [-0.05, 0) is 57.9 Å². The highest BCUT2D eigenvalue weighted by atomic mass is 16.7. The van der Waals surface area contributed by atoms with Gasteiger partial charge >= 0.3 is 5.97 Å². The zero-order valence-electron chi connectivity index (χ0n) is 20.6. The van der Waals surface area contributed by atoms with Gasteiger partial charge in [-0.3, -0.25) is 0 Å². The summed E-state index contributed by atoms with van der Waals surface area (Å²) in [6, 6.07) is 10.1. The number of pyridine rings is 1. The summed E-state index contributed by atoms with van der Waals surface area (Å²) in [5, 5.41) is 5.25. The van der Waals surface area contributed by atoms with E-state index in [0.29, 0.717) is 25.7 Å². The van der Waals surface area contributed by atoms with Crippen molar-refractivity contribution in [3.8, 4) is 11.5 Å². The number of anilines is 2. The molecule has 0 spiro atoms. The van der Waals surface area contributed by atoms with Crippen LogP contribution < -0.4 is 19.7 Å². The van der Waals surface area contributed by atoms with Crippen molar-refractivity contribution in [3.05, 3.63) is 42.1 Å². The molecule has 0 amide bonds. The molecule has 0 radical (unpaired) electrons. The van der Waals surface area contributed by atoms with Crippen molar-refractivity contribution in [2.75, 3.05) is 44.6 Å². The fraction of sp³-hybridized carbons (Fsp3) is 0.520. The second kappa shape index (κ2) is 10.7. The van der Waals surface area contributed by atoms with Crippen LogP contribution in [0.5, 0.6) is 11.5 Å². The number of nitrogens with one attached hydrogen (secondary N) is 1. The number of nitrogens with zero attached hydrogens (tertiary/aromatic N) is 3. The lowest BCUT2D eigenvalue weighted by atomic mass is 9.98. The van der Waals surface area contributed by atoms with E-state index in [2.05, 4.69) is 28.3 Å². The van der Waals surface area contributed by atoms with Crippen molar-refractivity contribution in [3.63, 3.8) is 0 Å². The van der Waals surface area contributed by atoms with Crippen molar-refractivity contribution < 1.29 is 19.1 Å². The van der Waals surface area contributed by atoms with Crippen molar-refractivity contribution in [2.24, 2.45) is 5.41 Å². The Kier molecular flexibility index (Phi) is 8.02. The number of carbonyl (C=O) groups is 1. The number of aromatic nitrogens is 1. The molecule has 1 fully saturated rings. The first-order chi connectivity index (χ1) is 15.7. The van der Waals surface area contributed by atoms with Gasteiger partial charge in [-0.2, -0.15) is 0 Å². The summed E-state index contributed by atoms with van der Waals surface area (Å²) in [5.41, 5.74) is 1.55. The van der Waals surface area contributed by atoms with Gasteiger partial charge in [0.15, 0.2) is 0 Å². The van der Waals surface area contributed by atoms with Crippen LogP contribution in [0, 0.1) is 5.41 Å². The standard InChI is InChI=1S/C25H36N4O4/c1-25(2,3)24(30)33-29-14-11-19(12-15-29)28(4)21-8-7-13-26-23(21)27-17-18-9-10-20(31-5)16-22(18)32-6/h7-10,13,16,19H,11-12,14-15,17H2,1-6H3,(H,26,27). The first-order valence-corrected chi connectivity index (χ1v) is 11.3. The summed E-state index contributed by atoms with van der Waals surface area (Å²) >= 11 is 0. The van der Waals surface area contributed by atoms with E-state index < -0.39 is 5.41 Å². The molecule has 8 nitrogen and oxygen atoms in total. The van der Waals surface area contributed by atoms with E-state index in [1.54, 1.807) is 25.5 Å². The Bertz CT molecular complexity index is 936. The average Bonchev–Trinajstić information content (AvgIpc) is 2.82.